The first-order valence-electron chi connectivity index (χ1n) is 9.23. The zero-order valence-electron chi connectivity index (χ0n) is 14.7. The van der Waals surface area contributed by atoms with Crippen molar-refractivity contribution in [1.29, 1.82) is 0 Å². The van der Waals surface area contributed by atoms with Crippen LogP contribution in [-0.4, -0.2) is 65.5 Å². The molecule has 3 heterocycles. The van der Waals surface area contributed by atoms with Crippen LogP contribution in [0.1, 0.15) is 43.5 Å². The predicted molar refractivity (Wildman–Crippen MR) is 91.4 cm³/mol. The fourth-order valence-corrected chi connectivity index (χ4v) is 3.66. The van der Waals surface area contributed by atoms with Crippen molar-refractivity contribution in [3.8, 4) is 0 Å². The predicted octanol–water partition coefficient (Wildman–Crippen LogP) is 1.49. The average Bonchev–Trinajstić information content (AvgIpc) is 3.36. The van der Waals surface area contributed by atoms with Crippen LogP contribution in [0.3, 0.4) is 0 Å². The highest BCUT2D eigenvalue weighted by atomic mass is 16.6. The monoisotopic (exact) mass is 346 g/mol. The Morgan fingerprint density at radius 3 is 2.88 bits per heavy atom. The van der Waals surface area contributed by atoms with Gasteiger partial charge in [0.1, 0.15) is 11.4 Å². The van der Waals surface area contributed by atoms with Crippen molar-refractivity contribution >= 4 is 6.03 Å². The van der Waals surface area contributed by atoms with Gasteiger partial charge in [-0.15, -0.1) is 0 Å². The molecule has 0 radical (unpaired) electrons. The zero-order valence-corrected chi connectivity index (χ0v) is 14.7. The number of ether oxygens (including phenoxy) is 2. The van der Waals surface area contributed by atoms with E-state index in [1.165, 1.54) is 12.8 Å². The molecule has 0 aromatic carbocycles. The van der Waals surface area contributed by atoms with Gasteiger partial charge in [-0.25, -0.2) is 14.8 Å². The van der Waals surface area contributed by atoms with Crippen LogP contribution < -0.4 is 5.32 Å². The molecule has 25 heavy (non-hydrogen) atoms. The number of carbonyl (C=O) groups is 1. The standard InChI is InChI=1S/C18H26N4O3/c1-13-10-22(11-18(25-13)5-7-24-12-18)17(23)19-6-4-14-8-20-16(21-9-14)15-2-3-15/h8-9,13,15H,2-7,10-12H2,1H3,(H,19,23)/t13-,18-/m1/s1. The minimum absolute atomic E-state index is 0.0306. The van der Waals surface area contributed by atoms with Crippen molar-refractivity contribution in [2.24, 2.45) is 0 Å². The van der Waals surface area contributed by atoms with Crippen LogP contribution in [0, 0.1) is 0 Å². The average molecular weight is 346 g/mol. The van der Waals surface area contributed by atoms with Crippen LogP contribution >= 0.6 is 0 Å². The van der Waals surface area contributed by atoms with Crippen molar-refractivity contribution in [2.45, 2.75) is 50.2 Å². The van der Waals surface area contributed by atoms with Gasteiger partial charge in [-0.3, -0.25) is 0 Å². The lowest BCUT2D eigenvalue weighted by Gasteiger charge is -2.42. The number of morpholine rings is 1. The first-order valence-corrected chi connectivity index (χ1v) is 9.23. The lowest BCUT2D eigenvalue weighted by atomic mass is 9.99. The number of hydrogen-bond donors (Lipinski definition) is 1. The van der Waals surface area contributed by atoms with Gasteiger partial charge < -0.3 is 19.7 Å². The molecule has 2 saturated heterocycles. The van der Waals surface area contributed by atoms with Gasteiger partial charge in [-0.2, -0.15) is 0 Å². The Kier molecular flexibility index (Phi) is 4.60. The van der Waals surface area contributed by atoms with Gasteiger partial charge in [-0.05, 0) is 31.7 Å². The lowest BCUT2D eigenvalue weighted by molar-refractivity contribution is -0.137. The van der Waals surface area contributed by atoms with Crippen LogP contribution in [0.15, 0.2) is 12.4 Å². The zero-order chi connectivity index (χ0) is 17.3. The molecule has 1 aromatic heterocycles. The van der Waals surface area contributed by atoms with E-state index in [0.717, 1.165) is 24.2 Å². The smallest absolute Gasteiger partial charge is 0.317 e. The fraction of sp³-hybridized carbons (Fsp3) is 0.722. The third-order valence-corrected chi connectivity index (χ3v) is 5.12. The highest BCUT2D eigenvalue weighted by Gasteiger charge is 2.43. The summed E-state index contributed by atoms with van der Waals surface area (Å²) >= 11 is 0. The molecule has 2 aliphatic heterocycles. The molecule has 1 spiro atoms. The number of amides is 2. The van der Waals surface area contributed by atoms with Crippen molar-refractivity contribution in [2.75, 3.05) is 32.8 Å². The summed E-state index contributed by atoms with van der Waals surface area (Å²) in [6.07, 6.45) is 7.81. The van der Waals surface area contributed by atoms with E-state index in [0.29, 0.717) is 38.8 Å². The van der Waals surface area contributed by atoms with Crippen molar-refractivity contribution < 1.29 is 14.3 Å². The number of nitrogens with zero attached hydrogens (tertiary/aromatic N) is 3. The Labute approximate surface area is 148 Å². The van der Waals surface area contributed by atoms with E-state index in [1.54, 1.807) is 0 Å². The Morgan fingerprint density at radius 2 is 2.20 bits per heavy atom. The van der Waals surface area contributed by atoms with E-state index >= 15 is 0 Å². The maximum absolute atomic E-state index is 12.5. The van der Waals surface area contributed by atoms with E-state index in [1.807, 2.05) is 24.2 Å². The summed E-state index contributed by atoms with van der Waals surface area (Å²) in [5.74, 6) is 1.53. The number of nitrogens with one attached hydrogen (secondary N) is 1. The van der Waals surface area contributed by atoms with Gasteiger partial charge in [-0.1, -0.05) is 0 Å². The molecule has 1 saturated carbocycles. The number of hydrogen-bond acceptors (Lipinski definition) is 5. The largest absolute Gasteiger partial charge is 0.378 e. The number of rotatable bonds is 4. The summed E-state index contributed by atoms with van der Waals surface area (Å²) in [6, 6.07) is -0.0306. The minimum atomic E-state index is -0.318. The summed E-state index contributed by atoms with van der Waals surface area (Å²) in [7, 11) is 0. The number of carbonyl (C=O) groups excluding carboxylic acids is 1. The summed E-state index contributed by atoms with van der Waals surface area (Å²) in [6.45, 7) is 5.10. The molecule has 3 aliphatic rings. The van der Waals surface area contributed by atoms with Gasteiger partial charge in [0.05, 0.1) is 19.3 Å². The van der Waals surface area contributed by atoms with E-state index < -0.39 is 0 Å². The van der Waals surface area contributed by atoms with E-state index in [9.17, 15) is 4.79 Å². The molecular formula is C18H26N4O3. The van der Waals surface area contributed by atoms with Crippen LogP contribution in [0.4, 0.5) is 4.79 Å². The lowest BCUT2D eigenvalue weighted by Crippen LogP contribution is -2.59. The maximum atomic E-state index is 12.5. The third kappa shape index (κ3) is 3.93. The van der Waals surface area contributed by atoms with Gasteiger partial charge in [0.15, 0.2) is 0 Å². The molecule has 1 N–H and O–H groups in total. The molecule has 1 aromatic rings. The van der Waals surface area contributed by atoms with Gasteiger partial charge >= 0.3 is 6.03 Å². The molecule has 2 amide bonds. The third-order valence-electron chi connectivity index (χ3n) is 5.12. The quantitative estimate of drug-likeness (QED) is 0.894. The first-order chi connectivity index (χ1) is 12.1. The Morgan fingerprint density at radius 1 is 1.40 bits per heavy atom. The topological polar surface area (TPSA) is 76.6 Å². The summed E-state index contributed by atoms with van der Waals surface area (Å²) in [5.41, 5.74) is 0.738. The highest BCUT2D eigenvalue weighted by molar-refractivity contribution is 5.74. The van der Waals surface area contributed by atoms with Gasteiger partial charge in [0.2, 0.25) is 0 Å². The minimum Gasteiger partial charge on any atom is -0.378 e. The molecule has 0 unspecified atom stereocenters. The van der Waals surface area contributed by atoms with Crippen LogP contribution in [0.2, 0.25) is 0 Å². The second kappa shape index (κ2) is 6.88. The summed E-state index contributed by atoms with van der Waals surface area (Å²) < 4.78 is 11.5. The molecule has 0 bridgehead atoms. The van der Waals surface area contributed by atoms with E-state index in [2.05, 4.69) is 15.3 Å². The molecule has 1 aliphatic carbocycles. The Balaban J connectivity index is 1.26. The Hall–Kier alpha value is -1.73. The van der Waals surface area contributed by atoms with Gasteiger partial charge in [0, 0.05) is 44.4 Å². The van der Waals surface area contributed by atoms with Gasteiger partial charge in [0.25, 0.3) is 0 Å². The first kappa shape index (κ1) is 16.7. The van der Waals surface area contributed by atoms with Crippen molar-refractivity contribution in [1.82, 2.24) is 20.2 Å². The van der Waals surface area contributed by atoms with Crippen LogP contribution in [0.25, 0.3) is 0 Å². The molecule has 2 atom stereocenters. The molecule has 7 nitrogen and oxygen atoms in total. The normalized spacial score (nSPS) is 29.2. The summed E-state index contributed by atoms with van der Waals surface area (Å²) in [4.78, 5) is 23.2. The highest BCUT2D eigenvalue weighted by Crippen LogP contribution is 2.37. The van der Waals surface area contributed by atoms with E-state index in [4.69, 9.17) is 9.47 Å². The molecule has 3 fully saturated rings. The fourth-order valence-electron chi connectivity index (χ4n) is 3.66. The molecule has 4 rings (SSSR count). The molecule has 7 heteroatoms. The van der Waals surface area contributed by atoms with Crippen LogP contribution in [-0.2, 0) is 15.9 Å². The number of urea groups is 1. The van der Waals surface area contributed by atoms with Crippen molar-refractivity contribution in [3.63, 3.8) is 0 Å². The van der Waals surface area contributed by atoms with Crippen molar-refractivity contribution in [3.05, 3.63) is 23.8 Å². The van der Waals surface area contributed by atoms with E-state index in [-0.39, 0.29) is 17.7 Å². The Bertz CT molecular complexity index is 611. The molecule has 136 valence electrons. The maximum Gasteiger partial charge on any atom is 0.317 e. The second-order valence-corrected chi connectivity index (χ2v) is 7.50. The molecular weight excluding hydrogens is 320 g/mol. The SMILES string of the molecule is C[C@@H]1CN(C(=O)NCCc2cnc(C3CC3)nc2)C[C@@]2(CCOC2)O1. The number of aromatic nitrogens is 2. The summed E-state index contributed by atoms with van der Waals surface area (Å²) in [5, 5.41) is 3.01. The second-order valence-electron chi connectivity index (χ2n) is 7.50. The van der Waals surface area contributed by atoms with Crippen LogP contribution in [0.5, 0.6) is 0 Å².